The van der Waals surface area contributed by atoms with Crippen molar-refractivity contribution in [2.24, 2.45) is 11.8 Å². The van der Waals surface area contributed by atoms with Crippen molar-refractivity contribution in [1.82, 2.24) is 4.98 Å². The second kappa shape index (κ2) is 6.12. The Morgan fingerprint density at radius 3 is 2.61 bits per heavy atom. The Morgan fingerprint density at radius 2 is 2.11 bits per heavy atom. The number of hydrogen-bond donors (Lipinski definition) is 4. The standard InChI is InChI=1S/C10H17N5O3/c1-6(2)8(16)5-12-9-3-7(15(17)18)4-10(13-9)14-11/h3-4,6,8,16H,5,11H2,1-2H3,(H2,12,13,14). The zero-order valence-corrected chi connectivity index (χ0v) is 10.3. The summed E-state index contributed by atoms with van der Waals surface area (Å²) in [6, 6.07) is 2.51. The lowest BCUT2D eigenvalue weighted by atomic mass is 10.1. The highest BCUT2D eigenvalue weighted by Gasteiger charge is 2.13. The molecule has 1 heterocycles. The summed E-state index contributed by atoms with van der Waals surface area (Å²) >= 11 is 0. The van der Waals surface area contributed by atoms with E-state index in [0.717, 1.165) is 0 Å². The van der Waals surface area contributed by atoms with Gasteiger partial charge in [-0.15, -0.1) is 0 Å². The van der Waals surface area contributed by atoms with Crippen LogP contribution in [0.3, 0.4) is 0 Å². The predicted octanol–water partition coefficient (Wildman–Crippen LogP) is 0.704. The molecule has 5 N–H and O–H groups in total. The van der Waals surface area contributed by atoms with Gasteiger partial charge in [0.2, 0.25) is 0 Å². The molecule has 8 heteroatoms. The Labute approximate surface area is 104 Å². The topological polar surface area (TPSA) is 126 Å². The van der Waals surface area contributed by atoms with Gasteiger partial charge in [0.05, 0.1) is 23.2 Å². The van der Waals surface area contributed by atoms with E-state index in [1.807, 2.05) is 13.8 Å². The van der Waals surface area contributed by atoms with Crippen molar-refractivity contribution in [2.75, 3.05) is 17.3 Å². The quantitative estimate of drug-likeness (QED) is 0.335. The number of rotatable bonds is 6. The molecule has 1 atom stereocenters. The maximum atomic E-state index is 10.7. The summed E-state index contributed by atoms with van der Waals surface area (Å²) in [5.41, 5.74) is 2.13. The zero-order valence-electron chi connectivity index (χ0n) is 10.3. The van der Waals surface area contributed by atoms with E-state index >= 15 is 0 Å². The number of nitrogen functional groups attached to an aromatic ring is 1. The fraction of sp³-hybridized carbons (Fsp3) is 0.500. The highest BCUT2D eigenvalue weighted by molar-refractivity contribution is 5.54. The first-order valence-electron chi connectivity index (χ1n) is 5.49. The lowest BCUT2D eigenvalue weighted by Gasteiger charge is -2.15. The van der Waals surface area contributed by atoms with Crippen LogP contribution in [0.5, 0.6) is 0 Å². The number of aliphatic hydroxyl groups excluding tert-OH is 1. The minimum Gasteiger partial charge on any atom is -0.391 e. The zero-order chi connectivity index (χ0) is 13.7. The molecule has 0 aliphatic heterocycles. The average molecular weight is 255 g/mol. The monoisotopic (exact) mass is 255 g/mol. The van der Waals surface area contributed by atoms with Crippen LogP contribution in [-0.4, -0.2) is 27.7 Å². The van der Waals surface area contributed by atoms with Crippen LogP contribution in [0, 0.1) is 16.0 Å². The number of aliphatic hydroxyl groups is 1. The molecule has 100 valence electrons. The molecular weight excluding hydrogens is 238 g/mol. The van der Waals surface area contributed by atoms with E-state index < -0.39 is 11.0 Å². The first kappa shape index (κ1) is 14.1. The van der Waals surface area contributed by atoms with E-state index in [1.54, 1.807) is 0 Å². The summed E-state index contributed by atoms with van der Waals surface area (Å²) in [7, 11) is 0. The molecule has 18 heavy (non-hydrogen) atoms. The smallest absolute Gasteiger partial charge is 0.276 e. The molecule has 0 radical (unpaired) electrons. The lowest BCUT2D eigenvalue weighted by molar-refractivity contribution is -0.384. The predicted molar refractivity (Wildman–Crippen MR) is 68.0 cm³/mol. The molecule has 0 amide bonds. The minimum atomic E-state index is -0.555. The van der Waals surface area contributed by atoms with Crippen LogP contribution in [0.15, 0.2) is 12.1 Å². The third-order valence-electron chi connectivity index (χ3n) is 2.43. The SMILES string of the molecule is CC(C)C(O)CNc1cc([N+](=O)[O-])cc(NN)n1. The number of aromatic nitrogens is 1. The van der Waals surface area contributed by atoms with Gasteiger partial charge < -0.3 is 15.8 Å². The van der Waals surface area contributed by atoms with Crippen molar-refractivity contribution in [1.29, 1.82) is 0 Å². The van der Waals surface area contributed by atoms with Gasteiger partial charge in [0.25, 0.3) is 5.69 Å². The number of pyridine rings is 1. The Bertz CT molecular complexity index is 424. The van der Waals surface area contributed by atoms with Crippen LogP contribution in [0.25, 0.3) is 0 Å². The van der Waals surface area contributed by atoms with E-state index in [1.165, 1.54) is 12.1 Å². The van der Waals surface area contributed by atoms with E-state index in [0.29, 0.717) is 0 Å². The van der Waals surface area contributed by atoms with Gasteiger partial charge in [-0.2, -0.15) is 0 Å². The maximum Gasteiger partial charge on any atom is 0.276 e. The lowest BCUT2D eigenvalue weighted by Crippen LogP contribution is -2.25. The molecule has 0 aromatic carbocycles. The largest absolute Gasteiger partial charge is 0.391 e. The third-order valence-corrected chi connectivity index (χ3v) is 2.43. The summed E-state index contributed by atoms with van der Waals surface area (Å²) in [6.45, 7) is 4.01. The average Bonchev–Trinajstić information content (AvgIpc) is 2.35. The Balaban J connectivity index is 2.81. The molecule has 1 aromatic rings. The number of hydrazine groups is 1. The normalized spacial score (nSPS) is 12.3. The van der Waals surface area contributed by atoms with Gasteiger partial charge in [-0.25, -0.2) is 10.8 Å². The van der Waals surface area contributed by atoms with Gasteiger partial charge >= 0.3 is 0 Å². The number of nitrogens with one attached hydrogen (secondary N) is 2. The van der Waals surface area contributed by atoms with E-state index in [4.69, 9.17) is 5.84 Å². The fourth-order valence-corrected chi connectivity index (χ4v) is 1.23. The molecule has 0 fully saturated rings. The Kier molecular flexibility index (Phi) is 4.81. The first-order chi connectivity index (χ1) is 8.43. The number of nitrogens with zero attached hydrogens (tertiary/aromatic N) is 2. The Hall–Kier alpha value is -1.93. The number of nitrogens with two attached hydrogens (primary N) is 1. The highest BCUT2D eigenvalue weighted by Crippen LogP contribution is 2.20. The van der Waals surface area contributed by atoms with Gasteiger partial charge in [0.15, 0.2) is 0 Å². The van der Waals surface area contributed by atoms with Crippen LogP contribution >= 0.6 is 0 Å². The molecule has 0 aliphatic carbocycles. The number of nitro groups is 1. The number of anilines is 2. The first-order valence-corrected chi connectivity index (χ1v) is 5.49. The van der Waals surface area contributed by atoms with Crippen molar-refractivity contribution in [3.8, 4) is 0 Å². The van der Waals surface area contributed by atoms with Gasteiger partial charge in [0.1, 0.15) is 11.6 Å². The minimum absolute atomic E-state index is 0.0864. The fourth-order valence-electron chi connectivity index (χ4n) is 1.23. The second-order valence-electron chi connectivity index (χ2n) is 4.19. The van der Waals surface area contributed by atoms with E-state index in [2.05, 4.69) is 15.7 Å². The molecule has 0 bridgehead atoms. The molecule has 0 aliphatic rings. The van der Waals surface area contributed by atoms with Crippen molar-refractivity contribution >= 4 is 17.3 Å². The number of hydrogen-bond acceptors (Lipinski definition) is 7. The molecule has 0 saturated carbocycles. The molecular formula is C10H17N5O3. The van der Waals surface area contributed by atoms with Crippen LogP contribution in [-0.2, 0) is 0 Å². The van der Waals surface area contributed by atoms with E-state index in [-0.39, 0.29) is 29.8 Å². The molecule has 0 spiro atoms. The van der Waals surface area contributed by atoms with Gasteiger partial charge in [-0.05, 0) is 5.92 Å². The van der Waals surface area contributed by atoms with Gasteiger partial charge in [0, 0.05) is 6.54 Å². The molecule has 1 unspecified atom stereocenters. The van der Waals surface area contributed by atoms with Crippen molar-refractivity contribution < 1.29 is 10.0 Å². The molecule has 0 saturated heterocycles. The van der Waals surface area contributed by atoms with Crippen molar-refractivity contribution in [2.45, 2.75) is 20.0 Å². The highest BCUT2D eigenvalue weighted by atomic mass is 16.6. The maximum absolute atomic E-state index is 10.7. The molecule has 1 aromatic heterocycles. The second-order valence-corrected chi connectivity index (χ2v) is 4.19. The summed E-state index contributed by atoms with van der Waals surface area (Å²) in [5, 5.41) is 23.2. The van der Waals surface area contributed by atoms with Crippen molar-refractivity contribution in [3.63, 3.8) is 0 Å². The molecule has 8 nitrogen and oxygen atoms in total. The van der Waals surface area contributed by atoms with Crippen LogP contribution in [0.4, 0.5) is 17.3 Å². The van der Waals surface area contributed by atoms with Crippen LogP contribution < -0.4 is 16.6 Å². The summed E-state index contributed by atoms with van der Waals surface area (Å²) < 4.78 is 0. The summed E-state index contributed by atoms with van der Waals surface area (Å²) in [4.78, 5) is 14.2. The van der Waals surface area contributed by atoms with E-state index in [9.17, 15) is 15.2 Å². The summed E-state index contributed by atoms with van der Waals surface area (Å²) in [6.07, 6.45) is -0.555. The third kappa shape index (κ3) is 3.82. The van der Waals surface area contributed by atoms with Crippen LogP contribution in [0.2, 0.25) is 0 Å². The Morgan fingerprint density at radius 1 is 1.50 bits per heavy atom. The summed E-state index contributed by atoms with van der Waals surface area (Å²) in [5.74, 6) is 5.74. The van der Waals surface area contributed by atoms with Gasteiger partial charge in [-0.3, -0.25) is 10.1 Å². The van der Waals surface area contributed by atoms with Gasteiger partial charge in [-0.1, -0.05) is 13.8 Å². The molecule has 1 rings (SSSR count). The van der Waals surface area contributed by atoms with Crippen molar-refractivity contribution in [3.05, 3.63) is 22.2 Å². The van der Waals surface area contributed by atoms with Crippen LogP contribution in [0.1, 0.15) is 13.8 Å².